The smallest absolute Gasteiger partial charge is 0.106 e. The van der Waals surface area contributed by atoms with Gasteiger partial charge in [-0.05, 0) is 12.0 Å². The summed E-state index contributed by atoms with van der Waals surface area (Å²) in [5.41, 5.74) is 3.23. The van der Waals surface area contributed by atoms with Gasteiger partial charge in [-0.25, -0.2) is 4.98 Å². The Labute approximate surface area is 83.6 Å². The van der Waals surface area contributed by atoms with Crippen LogP contribution in [0.3, 0.4) is 0 Å². The third-order valence-electron chi connectivity index (χ3n) is 2.36. The number of imidazole rings is 1. The maximum atomic E-state index is 4.48. The van der Waals surface area contributed by atoms with Crippen LogP contribution in [0.4, 0.5) is 0 Å². The highest BCUT2D eigenvalue weighted by Gasteiger charge is 2.09. The van der Waals surface area contributed by atoms with E-state index < -0.39 is 0 Å². The first-order chi connectivity index (χ1) is 6.72. The van der Waals surface area contributed by atoms with Crippen molar-refractivity contribution in [1.82, 2.24) is 15.0 Å². The minimum atomic E-state index is 0.434. The molecular weight excluding hydrogens is 174 g/mol. The van der Waals surface area contributed by atoms with Crippen molar-refractivity contribution in [2.24, 2.45) is 0 Å². The van der Waals surface area contributed by atoms with E-state index in [0.29, 0.717) is 5.92 Å². The highest BCUT2D eigenvalue weighted by Crippen LogP contribution is 2.21. The summed E-state index contributed by atoms with van der Waals surface area (Å²) in [6.45, 7) is 6.39. The summed E-state index contributed by atoms with van der Waals surface area (Å²) in [7, 11) is 0. The molecule has 0 fully saturated rings. The molecule has 0 radical (unpaired) electrons. The van der Waals surface area contributed by atoms with Gasteiger partial charge in [-0.3, -0.25) is 4.98 Å². The first kappa shape index (κ1) is 9.19. The molecule has 0 aliphatic rings. The van der Waals surface area contributed by atoms with Gasteiger partial charge in [-0.15, -0.1) is 0 Å². The number of nitrogens with one attached hydrogen (secondary N) is 1. The van der Waals surface area contributed by atoms with Crippen LogP contribution in [0, 0.1) is 0 Å². The van der Waals surface area contributed by atoms with E-state index in [9.17, 15) is 0 Å². The van der Waals surface area contributed by atoms with Crippen molar-refractivity contribution in [3.05, 3.63) is 23.8 Å². The van der Waals surface area contributed by atoms with E-state index >= 15 is 0 Å². The second-order valence-corrected chi connectivity index (χ2v) is 3.78. The van der Waals surface area contributed by atoms with Crippen LogP contribution in [0.2, 0.25) is 0 Å². The summed E-state index contributed by atoms with van der Waals surface area (Å²) in [6.07, 6.45) is 2.77. The molecule has 0 saturated carbocycles. The Balaban J connectivity index is 2.66. The number of aromatic nitrogens is 3. The number of rotatable bonds is 2. The van der Waals surface area contributed by atoms with E-state index in [1.54, 1.807) is 0 Å². The standard InChI is InChI=1S/C11H15N3/c1-4-9-13-8-5-6-12-10(7(2)3)11(8)14-9/h5-7H,4H2,1-3H3,(H,13,14). The Kier molecular flexibility index (Phi) is 2.23. The van der Waals surface area contributed by atoms with Gasteiger partial charge in [0.2, 0.25) is 0 Å². The lowest BCUT2D eigenvalue weighted by molar-refractivity contribution is 0.830. The van der Waals surface area contributed by atoms with Crippen molar-refractivity contribution in [3.63, 3.8) is 0 Å². The fraction of sp³-hybridized carbons (Fsp3) is 0.455. The van der Waals surface area contributed by atoms with Gasteiger partial charge in [0, 0.05) is 12.6 Å². The molecule has 1 N–H and O–H groups in total. The van der Waals surface area contributed by atoms with Crippen molar-refractivity contribution < 1.29 is 0 Å². The van der Waals surface area contributed by atoms with Crippen LogP contribution < -0.4 is 0 Å². The molecule has 2 aromatic heterocycles. The summed E-state index contributed by atoms with van der Waals surface area (Å²) < 4.78 is 0. The summed E-state index contributed by atoms with van der Waals surface area (Å²) in [5, 5.41) is 0. The quantitative estimate of drug-likeness (QED) is 0.789. The van der Waals surface area contributed by atoms with E-state index in [1.807, 2.05) is 12.3 Å². The average Bonchev–Trinajstić information content (AvgIpc) is 2.59. The van der Waals surface area contributed by atoms with Crippen molar-refractivity contribution in [2.45, 2.75) is 33.1 Å². The van der Waals surface area contributed by atoms with Crippen LogP contribution in [0.25, 0.3) is 11.0 Å². The van der Waals surface area contributed by atoms with Gasteiger partial charge < -0.3 is 4.98 Å². The molecule has 2 heterocycles. The van der Waals surface area contributed by atoms with Gasteiger partial charge in [-0.1, -0.05) is 20.8 Å². The Morgan fingerprint density at radius 3 is 2.86 bits per heavy atom. The van der Waals surface area contributed by atoms with E-state index in [0.717, 1.165) is 29.0 Å². The Morgan fingerprint density at radius 1 is 1.43 bits per heavy atom. The zero-order chi connectivity index (χ0) is 10.1. The van der Waals surface area contributed by atoms with Crippen LogP contribution in [-0.2, 0) is 6.42 Å². The molecule has 0 saturated heterocycles. The van der Waals surface area contributed by atoms with Crippen LogP contribution in [0.1, 0.15) is 38.2 Å². The summed E-state index contributed by atoms with van der Waals surface area (Å²) >= 11 is 0. The minimum absolute atomic E-state index is 0.434. The maximum absolute atomic E-state index is 4.48. The third kappa shape index (κ3) is 1.39. The molecule has 2 rings (SSSR count). The first-order valence-corrected chi connectivity index (χ1v) is 5.06. The molecule has 3 heteroatoms. The monoisotopic (exact) mass is 189 g/mol. The fourth-order valence-electron chi connectivity index (χ4n) is 1.61. The van der Waals surface area contributed by atoms with E-state index in [1.165, 1.54) is 0 Å². The Bertz CT molecular complexity index is 443. The second kappa shape index (κ2) is 3.40. The highest BCUT2D eigenvalue weighted by molar-refractivity contribution is 5.77. The van der Waals surface area contributed by atoms with Crippen molar-refractivity contribution in [3.8, 4) is 0 Å². The maximum Gasteiger partial charge on any atom is 0.106 e. The molecule has 0 spiro atoms. The Hall–Kier alpha value is -1.38. The van der Waals surface area contributed by atoms with Crippen LogP contribution in [-0.4, -0.2) is 15.0 Å². The lowest BCUT2D eigenvalue weighted by Crippen LogP contribution is -1.93. The molecule has 2 aromatic rings. The summed E-state index contributed by atoms with van der Waals surface area (Å²) in [5.74, 6) is 1.47. The number of hydrogen-bond donors (Lipinski definition) is 1. The average molecular weight is 189 g/mol. The molecular formula is C11H15N3. The SMILES string of the molecule is CCc1nc2ccnc(C(C)C)c2[nH]1. The molecule has 0 amide bonds. The number of aromatic amines is 1. The molecule has 14 heavy (non-hydrogen) atoms. The number of fused-ring (bicyclic) bond motifs is 1. The minimum Gasteiger partial charge on any atom is -0.340 e. The molecule has 0 aromatic carbocycles. The van der Waals surface area contributed by atoms with Crippen molar-refractivity contribution >= 4 is 11.0 Å². The molecule has 0 bridgehead atoms. The highest BCUT2D eigenvalue weighted by atomic mass is 14.9. The largest absolute Gasteiger partial charge is 0.340 e. The van der Waals surface area contributed by atoms with Gasteiger partial charge in [0.1, 0.15) is 5.82 Å². The van der Waals surface area contributed by atoms with E-state index in [4.69, 9.17) is 0 Å². The van der Waals surface area contributed by atoms with E-state index in [-0.39, 0.29) is 0 Å². The summed E-state index contributed by atoms with van der Waals surface area (Å²) in [6, 6.07) is 1.96. The zero-order valence-corrected chi connectivity index (χ0v) is 8.83. The first-order valence-electron chi connectivity index (χ1n) is 5.06. The topological polar surface area (TPSA) is 41.6 Å². The van der Waals surface area contributed by atoms with E-state index in [2.05, 4.69) is 35.7 Å². The number of pyridine rings is 1. The molecule has 0 aliphatic carbocycles. The number of H-pyrrole nitrogens is 1. The van der Waals surface area contributed by atoms with Crippen molar-refractivity contribution in [2.75, 3.05) is 0 Å². The van der Waals surface area contributed by atoms with Crippen molar-refractivity contribution in [1.29, 1.82) is 0 Å². The predicted octanol–water partition coefficient (Wildman–Crippen LogP) is 2.64. The number of aryl methyl sites for hydroxylation is 1. The molecule has 0 aliphatic heterocycles. The number of nitrogens with zero attached hydrogens (tertiary/aromatic N) is 2. The van der Waals surface area contributed by atoms with Gasteiger partial charge in [0.25, 0.3) is 0 Å². The fourth-order valence-corrected chi connectivity index (χ4v) is 1.61. The Morgan fingerprint density at radius 2 is 2.21 bits per heavy atom. The molecule has 74 valence electrons. The molecule has 3 nitrogen and oxygen atoms in total. The van der Waals surface area contributed by atoms with Gasteiger partial charge in [0.15, 0.2) is 0 Å². The number of hydrogen-bond acceptors (Lipinski definition) is 2. The van der Waals surface area contributed by atoms with Crippen LogP contribution in [0.15, 0.2) is 12.3 Å². The molecule has 0 atom stereocenters. The third-order valence-corrected chi connectivity index (χ3v) is 2.36. The predicted molar refractivity (Wildman–Crippen MR) is 57.4 cm³/mol. The lowest BCUT2D eigenvalue weighted by Gasteiger charge is -2.03. The zero-order valence-electron chi connectivity index (χ0n) is 8.83. The second-order valence-electron chi connectivity index (χ2n) is 3.78. The van der Waals surface area contributed by atoms with Gasteiger partial charge >= 0.3 is 0 Å². The lowest BCUT2D eigenvalue weighted by atomic mass is 10.1. The summed E-state index contributed by atoms with van der Waals surface area (Å²) in [4.78, 5) is 12.2. The van der Waals surface area contributed by atoms with Crippen LogP contribution in [0.5, 0.6) is 0 Å². The van der Waals surface area contributed by atoms with Gasteiger partial charge in [-0.2, -0.15) is 0 Å². The van der Waals surface area contributed by atoms with Gasteiger partial charge in [0.05, 0.1) is 16.7 Å². The molecule has 0 unspecified atom stereocenters. The normalized spacial score (nSPS) is 11.4. The van der Waals surface area contributed by atoms with Crippen LogP contribution >= 0.6 is 0 Å².